The molecule has 0 N–H and O–H groups in total. The molecule has 0 aromatic rings. The Balaban J connectivity index is 4.58. The van der Waals surface area contributed by atoms with E-state index in [2.05, 4.69) is 81.5 Å². The molecule has 1 atom stereocenters. The van der Waals surface area contributed by atoms with E-state index in [0.717, 1.165) is 122 Å². The fourth-order valence-corrected chi connectivity index (χ4v) is 5.65. The number of esters is 3. The summed E-state index contributed by atoms with van der Waals surface area (Å²) in [5, 5.41) is 0. The summed E-state index contributed by atoms with van der Waals surface area (Å²) < 4.78 is 16.7. The second kappa shape index (κ2) is 48.0. The Morgan fingerprint density at radius 1 is 0.328 bits per heavy atom. The lowest BCUT2D eigenvalue weighted by atomic mass is 10.1. The summed E-state index contributed by atoms with van der Waals surface area (Å²) in [4.78, 5) is 37.9. The van der Waals surface area contributed by atoms with Gasteiger partial charge in [0, 0.05) is 19.3 Å². The van der Waals surface area contributed by atoms with Crippen LogP contribution in [-0.2, 0) is 28.6 Å². The fourth-order valence-electron chi connectivity index (χ4n) is 5.65. The van der Waals surface area contributed by atoms with Crippen molar-refractivity contribution >= 4 is 17.9 Å². The van der Waals surface area contributed by atoms with Crippen molar-refractivity contribution in [1.82, 2.24) is 0 Å². The van der Waals surface area contributed by atoms with E-state index in [1.54, 1.807) is 0 Å². The maximum atomic E-state index is 12.8. The lowest BCUT2D eigenvalue weighted by Crippen LogP contribution is -2.30. The van der Waals surface area contributed by atoms with E-state index in [1.807, 2.05) is 85.1 Å². The minimum atomic E-state index is -0.822. The third-order valence-corrected chi connectivity index (χ3v) is 9.10. The number of unbranched alkanes of at least 4 members (excludes halogenated alkanes) is 13. The van der Waals surface area contributed by atoms with Crippen molar-refractivity contribution in [2.75, 3.05) is 13.2 Å². The molecule has 61 heavy (non-hydrogen) atoms. The predicted octanol–water partition coefficient (Wildman–Crippen LogP) is 15.3. The first-order valence-corrected chi connectivity index (χ1v) is 23.5. The molecule has 0 amide bonds. The maximum Gasteiger partial charge on any atom is 0.306 e. The highest BCUT2D eigenvalue weighted by Crippen LogP contribution is 2.12. The third-order valence-electron chi connectivity index (χ3n) is 9.10. The van der Waals surface area contributed by atoms with Crippen LogP contribution in [0.25, 0.3) is 0 Å². The highest BCUT2D eigenvalue weighted by molar-refractivity contribution is 5.71. The summed E-state index contributed by atoms with van der Waals surface area (Å²) in [7, 11) is 0. The van der Waals surface area contributed by atoms with Gasteiger partial charge in [0.25, 0.3) is 0 Å². The maximum absolute atomic E-state index is 12.8. The Kier molecular flexibility index (Phi) is 44.3. The van der Waals surface area contributed by atoms with Crippen LogP contribution in [0.4, 0.5) is 0 Å². The molecule has 0 saturated carbocycles. The van der Waals surface area contributed by atoms with E-state index in [9.17, 15) is 14.4 Å². The van der Waals surface area contributed by atoms with E-state index in [4.69, 9.17) is 14.2 Å². The third kappa shape index (κ3) is 46.2. The molecule has 338 valence electrons. The standard InChI is InChI=1S/C55H82O6/c1-4-7-10-13-16-19-22-25-27-30-33-36-39-42-45-48-54(57)60-51-52(50-59-53(56)47-44-41-38-35-32-29-24-21-18-15-12-9-6-3)61-55(58)49-46-43-40-37-34-31-28-26-23-20-17-14-11-8-5-2/h7-29,32,52H,4-6,30-31,33-51H2,1-3H3/b10-7-,11-8-,12-9-,16-13-,17-14-,18-15-,22-19-,23-20-,24-21-,27-25-,28-26-,32-29-. The zero-order chi connectivity index (χ0) is 44.4. The van der Waals surface area contributed by atoms with Crippen LogP contribution >= 0.6 is 0 Å². The number of allylic oxidation sites excluding steroid dienone is 24. The Labute approximate surface area is 372 Å². The summed E-state index contributed by atoms with van der Waals surface area (Å²) in [5.74, 6) is -1.02. The Morgan fingerprint density at radius 3 is 0.934 bits per heavy atom. The van der Waals surface area contributed by atoms with Gasteiger partial charge in [-0.25, -0.2) is 0 Å². The van der Waals surface area contributed by atoms with Gasteiger partial charge in [-0.2, -0.15) is 0 Å². The zero-order valence-electron chi connectivity index (χ0n) is 38.4. The number of ether oxygens (including phenoxy) is 3. The van der Waals surface area contributed by atoms with Crippen LogP contribution in [0.1, 0.15) is 162 Å². The number of carbonyl (C=O) groups excluding carboxylic acids is 3. The summed E-state index contributed by atoms with van der Waals surface area (Å²) >= 11 is 0. The average Bonchev–Trinajstić information content (AvgIpc) is 3.26. The first-order chi connectivity index (χ1) is 30.0. The number of hydrogen-bond acceptors (Lipinski definition) is 6. The van der Waals surface area contributed by atoms with E-state index in [-0.39, 0.29) is 37.5 Å². The first kappa shape index (κ1) is 56.3. The van der Waals surface area contributed by atoms with Crippen LogP contribution in [0, 0.1) is 0 Å². The Morgan fingerprint density at radius 2 is 0.590 bits per heavy atom. The largest absolute Gasteiger partial charge is 0.462 e. The molecule has 0 saturated heterocycles. The molecule has 0 aliphatic rings. The van der Waals surface area contributed by atoms with Crippen molar-refractivity contribution in [3.8, 4) is 0 Å². The number of hydrogen-bond donors (Lipinski definition) is 0. The molecule has 0 aliphatic carbocycles. The van der Waals surface area contributed by atoms with Crippen molar-refractivity contribution in [2.24, 2.45) is 0 Å². The van der Waals surface area contributed by atoms with Gasteiger partial charge in [0.05, 0.1) is 0 Å². The second-order valence-electron chi connectivity index (χ2n) is 14.8. The van der Waals surface area contributed by atoms with E-state index in [0.29, 0.717) is 12.8 Å². The van der Waals surface area contributed by atoms with Gasteiger partial charge in [0.1, 0.15) is 13.2 Å². The Bertz CT molecular complexity index is 1430. The second-order valence-corrected chi connectivity index (χ2v) is 14.8. The van der Waals surface area contributed by atoms with Gasteiger partial charge in [0.15, 0.2) is 6.10 Å². The molecule has 0 spiro atoms. The van der Waals surface area contributed by atoms with Crippen LogP contribution in [-0.4, -0.2) is 37.2 Å². The molecule has 0 fully saturated rings. The van der Waals surface area contributed by atoms with Gasteiger partial charge in [0.2, 0.25) is 0 Å². The smallest absolute Gasteiger partial charge is 0.306 e. The summed E-state index contributed by atoms with van der Waals surface area (Å²) in [5.41, 5.74) is 0. The molecule has 6 heteroatoms. The van der Waals surface area contributed by atoms with Crippen molar-refractivity contribution < 1.29 is 28.6 Å². The van der Waals surface area contributed by atoms with Gasteiger partial charge in [-0.1, -0.05) is 212 Å². The lowest BCUT2D eigenvalue weighted by Gasteiger charge is -2.18. The summed E-state index contributed by atoms with van der Waals surface area (Å²) in [6, 6.07) is 0. The Hall–Kier alpha value is -4.71. The first-order valence-electron chi connectivity index (χ1n) is 23.5. The fraction of sp³-hybridized carbons (Fsp3) is 0.509. The van der Waals surface area contributed by atoms with Gasteiger partial charge in [-0.3, -0.25) is 14.4 Å². The van der Waals surface area contributed by atoms with Crippen molar-refractivity contribution in [2.45, 2.75) is 168 Å². The van der Waals surface area contributed by atoms with Gasteiger partial charge >= 0.3 is 17.9 Å². The van der Waals surface area contributed by atoms with Crippen LogP contribution in [0.15, 0.2) is 146 Å². The molecule has 0 heterocycles. The monoisotopic (exact) mass is 839 g/mol. The van der Waals surface area contributed by atoms with Gasteiger partial charge in [-0.05, 0) is 77.0 Å². The van der Waals surface area contributed by atoms with Crippen molar-refractivity contribution in [3.05, 3.63) is 146 Å². The highest BCUT2D eigenvalue weighted by atomic mass is 16.6. The summed E-state index contributed by atoms with van der Waals surface area (Å²) in [6.45, 7) is 6.10. The van der Waals surface area contributed by atoms with Crippen LogP contribution in [0.5, 0.6) is 0 Å². The number of rotatable bonds is 39. The van der Waals surface area contributed by atoms with Crippen LogP contribution in [0.3, 0.4) is 0 Å². The highest BCUT2D eigenvalue weighted by Gasteiger charge is 2.19. The normalized spacial score (nSPS) is 13.4. The molecule has 0 rings (SSSR count). The van der Waals surface area contributed by atoms with E-state index >= 15 is 0 Å². The topological polar surface area (TPSA) is 78.9 Å². The molecule has 0 radical (unpaired) electrons. The van der Waals surface area contributed by atoms with E-state index < -0.39 is 6.10 Å². The molecule has 1 unspecified atom stereocenters. The minimum absolute atomic E-state index is 0.120. The molecule has 0 aliphatic heterocycles. The molecule has 0 bridgehead atoms. The van der Waals surface area contributed by atoms with Crippen molar-refractivity contribution in [1.29, 1.82) is 0 Å². The van der Waals surface area contributed by atoms with Gasteiger partial charge < -0.3 is 14.2 Å². The summed E-state index contributed by atoms with van der Waals surface area (Å²) in [6.07, 6.45) is 68.2. The van der Waals surface area contributed by atoms with Gasteiger partial charge in [-0.15, -0.1) is 0 Å². The number of carbonyl (C=O) groups is 3. The van der Waals surface area contributed by atoms with E-state index in [1.165, 1.54) is 0 Å². The minimum Gasteiger partial charge on any atom is -0.462 e. The average molecular weight is 839 g/mol. The van der Waals surface area contributed by atoms with Crippen LogP contribution < -0.4 is 0 Å². The molecular weight excluding hydrogens is 757 g/mol. The SMILES string of the molecule is CC\C=C/C=C\C=C/C=C\CCCCCCCC(=O)OCC(COC(=O)CCCCC\C=C/C=C\C=C/C=C\CC)OC(=O)CCCCCCC\C=C/C=C\C=C/C=C\CC. The quantitative estimate of drug-likeness (QED) is 0.0265. The van der Waals surface area contributed by atoms with Crippen molar-refractivity contribution in [3.63, 3.8) is 0 Å². The molecular formula is C55H82O6. The van der Waals surface area contributed by atoms with Crippen LogP contribution in [0.2, 0.25) is 0 Å². The molecule has 6 nitrogen and oxygen atoms in total. The molecule has 0 aromatic carbocycles. The lowest BCUT2D eigenvalue weighted by molar-refractivity contribution is -0.167. The zero-order valence-corrected chi connectivity index (χ0v) is 38.4. The predicted molar refractivity (Wildman–Crippen MR) is 260 cm³/mol. The molecule has 0 aromatic heterocycles.